The Balaban J connectivity index is 1.47. The summed E-state index contributed by atoms with van der Waals surface area (Å²) in [5.41, 5.74) is 1.22. The van der Waals surface area contributed by atoms with Crippen LogP contribution in [-0.2, 0) is 6.42 Å². The van der Waals surface area contributed by atoms with E-state index in [0.29, 0.717) is 17.0 Å². The van der Waals surface area contributed by atoms with E-state index in [1.165, 1.54) is 19.3 Å². The first-order chi connectivity index (χ1) is 14.9. The van der Waals surface area contributed by atoms with Gasteiger partial charge in [-0.25, -0.2) is 4.39 Å². The molecule has 0 radical (unpaired) electrons. The predicted molar refractivity (Wildman–Crippen MR) is 119 cm³/mol. The average Bonchev–Trinajstić information content (AvgIpc) is 2.76. The summed E-state index contributed by atoms with van der Waals surface area (Å²) in [6, 6.07) is 3.73. The normalized spacial score (nSPS) is 32.9. The maximum Gasteiger partial charge on any atom is 0.401 e. The van der Waals surface area contributed by atoms with Crippen LogP contribution in [0.25, 0.3) is 0 Å². The van der Waals surface area contributed by atoms with Crippen LogP contribution >= 0.6 is 0 Å². The van der Waals surface area contributed by atoms with Crippen LogP contribution in [0, 0.1) is 29.5 Å². The molecule has 2 aliphatic carbocycles. The van der Waals surface area contributed by atoms with Crippen LogP contribution in [-0.4, -0.2) is 6.11 Å². The van der Waals surface area contributed by atoms with Gasteiger partial charge in [0.05, 0.1) is 5.92 Å². The van der Waals surface area contributed by atoms with E-state index in [1.54, 1.807) is 0 Å². The van der Waals surface area contributed by atoms with Crippen LogP contribution in [0.4, 0.5) is 13.2 Å². The Morgan fingerprint density at radius 3 is 2.03 bits per heavy atom. The number of hydrogen-bond acceptors (Lipinski definition) is 1. The Labute approximate surface area is 186 Å². The number of benzene rings is 1. The van der Waals surface area contributed by atoms with Gasteiger partial charge in [-0.2, -0.15) is 8.78 Å². The lowest BCUT2D eigenvalue weighted by atomic mass is 9.71. The SMILES string of the molecule is CCCC1CCC(c2ccc3c(c2F)OC(F)(F)C(C2CCC(CCC)CC2)C3)CC1. The summed E-state index contributed by atoms with van der Waals surface area (Å²) in [4.78, 5) is 0. The molecule has 1 aromatic rings. The van der Waals surface area contributed by atoms with Gasteiger partial charge in [0.1, 0.15) is 0 Å². The van der Waals surface area contributed by atoms with Crippen LogP contribution in [0.3, 0.4) is 0 Å². The zero-order valence-corrected chi connectivity index (χ0v) is 19.3. The molecule has 0 spiro atoms. The number of ether oxygens (including phenoxy) is 1. The first-order valence-electron chi connectivity index (χ1n) is 12.8. The molecule has 3 aliphatic rings. The van der Waals surface area contributed by atoms with Gasteiger partial charge in [-0.1, -0.05) is 64.5 Å². The monoisotopic (exact) mass is 436 g/mol. The van der Waals surface area contributed by atoms with Crippen molar-refractivity contribution in [1.82, 2.24) is 0 Å². The quantitative estimate of drug-likeness (QED) is 0.433. The molecule has 174 valence electrons. The Hall–Kier alpha value is -1.19. The number of halogens is 3. The van der Waals surface area contributed by atoms with E-state index in [-0.39, 0.29) is 24.0 Å². The third-order valence-corrected chi connectivity index (χ3v) is 8.46. The molecule has 1 aromatic carbocycles. The van der Waals surface area contributed by atoms with Crippen molar-refractivity contribution in [3.05, 3.63) is 29.1 Å². The highest BCUT2D eigenvalue weighted by molar-refractivity contribution is 5.43. The second-order valence-electron chi connectivity index (χ2n) is 10.5. The fourth-order valence-electron chi connectivity index (χ4n) is 6.66. The Kier molecular flexibility index (Phi) is 7.23. The van der Waals surface area contributed by atoms with Crippen LogP contribution in [0.1, 0.15) is 108 Å². The molecule has 1 atom stereocenters. The minimum absolute atomic E-state index is 0.0344. The summed E-state index contributed by atoms with van der Waals surface area (Å²) >= 11 is 0. The highest BCUT2D eigenvalue weighted by Gasteiger charge is 2.51. The number of fused-ring (bicyclic) bond motifs is 1. The maximum atomic E-state index is 15.4. The van der Waals surface area contributed by atoms with E-state index in [2.05, 4.69) is 13.8 Å². The molecule has 4 heteroatoms. The summed E-state index contributed by atoms with van der Waals surface area (Å²) in [6.07, 6.45) is 9.57. The average molecular weight is 437 g/mol. The summed E-state index contributed by atoms with van der Waals surface area (Å²) in [6.45, 7) is 4.39. The Morgan fingerprint density at radius 1 is 0.871 bits per heavy atom. The second-order valence-corrected chi connectivity index (χ2v) is 10.5. The minimum Gasteiger partial charge on any atom is -0.429 e. The van der Waals surface area contributed by atoms with Crippen molar-refractivity contribution in [3.8, 4) is 5.75 Å². The van der Waals surface area contributed by atoms with Gasteiger partial charge < -0.3 is 4.74 Å². The minimum atomic E-state index is -3.28. The smallest absolute Gasteiger partial charge is 0.401 e. The van der Waals surface area contributed by atoms with Crippen LogP contribution < -0.4 is 4.74 Å². The van der Waals surface area contributed by atoms with E-state index < -0.39 is 17.8 Å². The number of hydrogen-bond donors (Lipinski definition) is 0. The Bertz CT molecular complexity index is 730. The lowest BCUT2D eigenvalue weighted by Gasteiger charge is -2.40. The van der Waals surface area contributed by atoms with Gasteiger partial charge in [-0.15, -0.1) is 0 Å². The van der Waals surface area contributed by atoms with Crippen molar-refractivity contribution in [3.63, 3.8) is 0 Å². The topological polar surface area (TPSA) is 9.23 Å². The molecule has 0 bridgehead atoms. The highest BCUT2D eigenvalue weighted by atomic mass is 19.3. The first kappa shape index (κ1) is 23.0. The summed E-state index contributed by atoms with van der Waals surface area (Å²) < 4.78 is 50.7. The van der Waals surface area contributed by atoms with Gasteiger partial charge in [-0.3, -0.25) is 0 Å². The molecule has 31 heavy (non-hydrogen) atoms. The molecule has 1 nitrogen and oxygen atoms in total. The van der Waals surface area contributed by atoms with E-state index in [1.807, 2.05) is 12.1 Å². The lowest BCUT2D eigenvalue weighted by molar-refractivity contribution is -0.239. The third kappa shape index (κ3) is 4.93. The predicted octanol–water partition coefficient (Wildman–Crippen LogP) is 8.65. The van der Waals surface area contributed by atoms with Crippen molar-refractivity contribution in [1.29, 1.82) is 0 Å². The summed E-state index contributed by atoms with van der Waals surface area (Å²) in [5.74, 6) is -0.0301. The van der Waals surface area contributed by atoms with Crippen LogP contribution in [0.15, 0.2) is 12.1 Å². The largest absolute Gasteiger partial charge is 0.429 e. The zero-order valence-electron chi connectivity index (χ0n) is 19.3. The van der Waals surface area contributed by atoms with Gasteiger partial charge in [0.2, 0.25) is 0 Å². The molecule has 0 aromatic heterocycles. The Morgan fingerprint density at radius 2 is 1.45 bits per heavy atom. The van der Waals surface area contributed by atoms with Gasteiger partial charge in [0, 0.05) is 0 Å². The molecule has 1 heterocycles. The van der Waals surface area contributed by atoms with E-state index in [0.717, 1.165) is 63.7 Å². The molecule has 1 aliphatic heterocycles. The van der Waals surface area contributed by atoms with Crippen molar-refractivity contribution in [2.24, 2.45) is 23.7 Å². The van der Waals surface area contributed by atoms with Gasteiger partial charge in [-0.05, 0) is 79.7 Å². The number of alkyl halides is 2. The molecule has 2 fully saturated rings. The van der Waals surface area contributed by atoms with E-state index in [4.69, 9.17) is 4.74 Å². The maximum absolute atomic E-state index is 15.4. The summed E-state index contributed by atoms with van der Waals surface area (Å²) in [7, 11) is 0. The molecule has 2 saturated carbocycles. The van der Waals surface area contributed by atoms with E-state index in [9.17, 15) is 0 Å². The molecule has 0 N–H and O–H groups in total. The second kappa shape index (κ2) is 9.75. The van der Waals surface area contributed by atoms with Crippen molar-refractivity contribution >= 4 is 0 Å². The van der Waals surface area contributed by atoms with Crippen LogP contribution in [0.5, 0.6) is 5.75 Å². The highest BCUT2D eigenvalue weighted by Crippen LogP contribution is 2.50. The molecule has 0 amide bonds. The first-order valence-corrected chi connectivity index (χ1v) is 12.8. The fraction of sp³-hybridized carbons (Fsp3) is 0.778. The molecular weight excluding hydrogens is 397 g/mol. The van der Waals surface area contributed by atoms with Crippen molar-refractivity contribution < 1.29 is 17.9 Å². The molecular formula is C27H39F3O. The van der Waals surface area contributed by atoms with Crippen molar-refractivity contribution in [2.45, 2.75) is 109 Å². The van der Waals surface area contributed by atoms with Gasteiger partial charge in [0.15, 0.2) is 11.6 Å². The zero-order chi connectivity index (χ0) is 22.0. The van der Waals surface area contributed by atoms with Gasteiger partial charge >= 0.3 is 6.11 Å². The van der Waals surface area contributed by atoms with E-state index >= 15 is 13.2 Å². The van der Waals surface area contributed by atoms with Crippen LogP contribution in [0.2, 0.25) is 0 Å². The summed E-state index contributed by atoms with van der Waals surface area (Å²) in [5, 5.41) is 0. The van der Waals surface area contributed by atoms with Crippen molar-refractivity contribution in [2.75, 3.05) is 0 Å². The standard InChI is InChI=1S/C27H39F3O/c1-3-5-18-7-11-20(12-8-18)23-16-15-22-17-24(27(29,30)31-26(22)25(23)28)21-13-9-19(6-4-2)10-14-21/h15-16,18-21,24H,3-14,17H2,1-2H3. The molecule has 4 rings (SSSR count). The third-order valence-electron chi connectivity index (χ3n) is 8.46. The fourth-order valence-corrected chi connectivity index (χ4v) is 6.66. The number of rotatable bonds is 6. The molecule has 1 unspecified atom stereocenters. The molecule has 0 saturated heterocycles. The lowest BCUT2D eigenvalue weighted by Crippen LogP contribution is -2.45. The van der Waals surface area contributed by atoms with Gasteiger partial charge in [0.25, 0.3) is 0 Å².